The van der Waals surface area contributed by atoms with Crippen LogP contribution in [0.2, 0.25) is 0 Å². The lowest BCUT2D eigenvalue weighted by Gasteiger charge is -2.33. The second-order valence-electron chi connectivity index (χ2n) is 11.7. The van der Waals surface area contributed by atoms with Crippen molar-refractivity contribution >= 4 is 24.4 Å². The van der Waals surface area contributed by atoms with Crippen molar-refractivity contribution in [2.75, 3.05) is 20.3 Å². The summed E-state index contributed by atoms with van der Waals surface area (Å²) in [5.41, 5.74) is -1.29. The van der Waals surface area contributed by atoms with Gasteiger partial charge in [-0.2, -0.15) is 0 Å². The van der Waals surface area contributed by atoms with E-state index in [2.05, 4.69) is 15.1 Å². The first-order valence-electron chi connectivity index (χ1n) is 15.4. The number of aromatic nitrogens is 4. The summed E-state index contributed by atoms with van der Waals surface area (Å²) in [6, 6.07) is 7.97. The molecule has 2 aromatic heterocycles. The van der Waals surface area contributed by atoms with Crippen molar-refractivity contribution in [2.45, 2.75) is 76.0 Å². The van der Waals surface area contributed by atoms with Crippen LogP contribution in [0.1, 0.15) is 42.0 Å². The molecule has 5 N–H and O–H groups in total. The molecule has 2 saturated heterocycles. The highest BCUT2D eigenvalue weighted by atomic mass is 32.5. The van der Waals surface area contributed by atoms with Crippen LogP contribution >= 0.6 is 6.64 Å². The Morgan fingerprint density at radius 2 is 1.39 bits per heavy atom. The van der Waals surface area contributed by atoms with E-state index in [-0.39, 0.29) is 30.4 Å². The van der Waals surface area contributed by atoms with E-state index < -0.39 is 91.2 Å². The standard InChI is InChI=1S/C30H38N5O12PS/c1-16-12-34(29(41)31-26(16)38)24-10-20(22(14-36)44-24)46-48(49,33-19(28(40)43-3)9-18-7-5-4-6-8-18)47-21-11-25(45-23(21)15-37)35-13-17(2)27(39)32-30(35)42/h4-8,12-13,19-25,36-37H,9-11,14-15H2,1-3H3,(H,33,49)(H,31,38,41)(H,32,39,42)/t19-,20-,21-,22+,23+,24+,25+/m0/s1. The number of aryl methyl sites for hydroxylation is 2. The second-order valence-corrected chi connectivity index (χ2v) is 14.8. The SMILES string of the molecule is COC(=O)[C@H](Cc1ccccc1)NP(=S)(O[C@H]1C[C@H](n2cc(C)c(=O)[nH]c2=O)O[C@@H]1CO)O[C@H]1C[C@H](n2cc(C)c(=O)[nH]c2=O)O[C@@H]1CO. The first kappa shape index (κ1) is 36.7. The first-order chi connectivity index (χ1) is 23.3. The summed E-state index contributed by atoms with van der Waals surface area (Å²) in [6.07, 6.45) is -3.15. The van der Waals surface area contributed by atoms with Crippen molar-refractivity contribution in [3.8, 4) is 0 Å². The van der Waals surface area contributed by atoms with Gasteiger partial charge in [0.25, 0.3) is 17.8 Å². The Bertz CT molecular complexity index is 1830. The smallest absolute Gasteiger partial charge is 0.330 e. The number of nitrogens with zero attached hydrogens (tertiary/aromatic N) is 2. The highest BCUT2D eigenvalue weighted by Crippen LogP contribution is 2.53. The predicted molar refractivity (Wildman–Crippen MR) is 176 cm³/mol. The van der Waals surface area contributed by atoms with Crippen LogP contribution in [-0.2, 0) is 46.3 Å². The Labute approximate surface area is 284 Å². The van der Waals surface area contributed by atoms with Crippen LogP contribution in [-0.4, -0.2) is 86.1 Å². The minimum absolute atomic E-state index is 0.0130. The van der Waals surface area contributed by atoms with E-state index in [4.69, 9.17) is 35.1 Å². The van der Waals surface area contributed by atoms with Gasteiger partial charge in [0, 0.05) is 36.4 Å². The number of H-pyrrole nitrogens is 2. The monoisotopic (exact) mass is 723 g/mol. The second kappa shape index (κ2) is 15.5. The highest BCUT2D eigenvalue weighted by molar-refractivity contribution is 8.09. The molecule has 0 saturated carbocycles. The van der Waals surface area contributed by atoms with Crippen molar-refractivity contribution in [3.05, 3.63) is 101 Å². The molecule has 5 rings (SSSR count). The van der Waals surface area contributed by atoms with Gasteiger partial charge in [-0.15, -0.1) is 0 Å². The van der Waals surface area contributed by atoms with Crippen molar-refractivity contribution in [2.24, 2.45) is 0 Å². The molecular weight excluding hydrogens is 685 g/mol. The van der Waals surface area contributed by atoms with Gasteiger partial charge < -0.3 is 33.5 Å². The third kappa shape index (κ3) is 8.42. The minimum atomic E-state index is -3.86. The number of hydrogen-bond donors (Lipinski definition) is 5. The first-order valence-corrected chi connectivity index (χ1v) is 18.0. The predicted octanol–water partition coefficient (Wildman–Crippen LogP) is -0.368. The molecule has 266 valence electrons. The zero-order chi connectivity index (χ0) is 35.5. The molecule has 0 unspecified atom stereocenters. The number of aliphatic hydroxyl groups excluding tert-OH is 2. The van der Waals surface area contributed by atoms with Crippen LogP contribution < -0.4 is 27.6 Å². The topological polar surface area (TPSA) is 225 Å². The number of aromatic amines is 2. The molecule has 3 aromatic rings. The van der Waals surface area contributed by atoms with E-state index in [1.165, 1.54) is 42.5 Å². The maximum atomic E-state index is 13.1. The maximum Gasteiger partial charge on any atom is 0.330 e. The van der Waals surface area contributed by atoms with E-state index in [0.717, 1.165) is 5.56 Å². The minimum Gasteiger partial charge on any atom is -0.468 e. The van der Waals surface area contributed by atoms with Gasteiger partial charge in [-0.25, -0.2) is 14.7 Å². The van der Waals surface area contributed by atoms with E-state index in [1.807, 2.05) is 18.2 Å². The van der Waals surface area contributed by atoms with Crippen molar-refractivity contribution in [1.82, 2.24) is 24.2 Å². The average Bonchev–Trinajstić information content (AvgIpc) is 3.67. The highest BCUT2D eigenvalue weighted by Gasteiger charge is 2.46. The summed E-state index contributed by atoms with van der Waals surface area (Å²) in [7, 11) is 1.22. The van der Waals surface area contributed by atoms with Crippen LogP contribution in [0.15, 0.2) is 61.9 Å². The van der Waals surface area contributed by atoms with E-state index >= 15 is 0 Å². The zero-order valence-corrected chi connectivity index (χ0v) is 28.6. The van der Waals surface area contributed by atoms with Crippen molar-refractivity contribution < 1.29 is 38.3 Å². The normalized spacial score (nSPS) is 24.6. The van der Waals surface area contributed by atoms with Crippen LogP contribution in [0.25, 0.3) is 0 Å². The van der Waals surface area contributed by atoms with E-state index in [0.29, 0.717) is 0 Å². The lowest BCUT2D eigenvalue weighted by atomic mass is 10.1. The number of esters is 1. The van der Waals surface area contributed by atoms with Crippen molar-refractivity contribution in [3.63, 3.8) is 0 Å². The molecule has 7 atom stereocenters. The molecule has 2 fully saturated rings. The molecule has 2 aliphatic heterocycles. The van der Waals surface area contributed by atoms with Crippen LogP contribution in [0, 0.1) is 13.8 Å². The fraction of sp³-hybridized carbons (Fsp3) is 0.500. The molecule has 0 spiro atoms. The third-order valence-electron chi connectivity index (χ3n) is 8.26. The number of carbonyl (C=O) groups excluding carboxylic acids is 1. The Morgan fingerprint density at radius 1 is 0.918 bits per heavy atom. The molecule has 19 heteroatoms. The number of nitrogens with one attached hydrogen (secondary N) is 3. The van der Waals surface area contributed by atoms with Crippen LogP contribution in [0.3, 0.4) is 0 Å². The lowest BCUT2D eigenvalue weighted by molar-refractivity contribution is -0.142. The zero-order valence-electron chi connectivity index (χ0n) is 26.8. The molecule has 4 heterocycles. The fourth-order valence-electron chi connectivity index (χ4n) is 5.70. The average molecular weight is 724 g/mol. The number of carbonyl (C=O) groups is 1. The largest absolute Gasteiger partial charge is 0.468 e. The van der Waals surface area contributed by atoms with Gasteiger partial charge >= 0.3 is 17.3 Å². The van der Waals surface area contributed by atoms with Crippen molar-refractivity contribution in [1.29, 1.82) is 0 Å². The van der Waals surface area contributed by atoms with Gasteiger partial charge in [-0.1, -0.05) is 30.3 Å². The molecular formula is C30H38N5O12PS. The van der Waals surface area contributed by atoms with Gasteiger partial charge in [0.15, 0.2) is 0 Å². The molecule has 0 bridgehead atoms. The Morgan fingerprint density at radius 3 is 1.82 bits per heavy atom. The Balaban J connectivity index is 1.47. The maximum absolute atomic E-state index is 13.1. The quantitative estimate of drug-likeness (QED) is 0.112. The molecule has 1 aromatic carbocycles. The van der Waals surface area contributed by atoms with Gasteiger partial charge in [-0.3, -0.25) is 33.5 Å². The number of hydrogen-bond acceptors (Lipinski definition) is 13. The number of benzene rings is 1. The number of rotatable bonds is 13. The summed E-state index contributed by atoms with van der Waals surface area (Å²) in [4.78, 5) is 66.7. The number of aliphatic hydroxyl groups is 2. The summed E-state index contributed by atoms with van der Waals surface area (Å²) in [5.74, 6) is -0.672. The van der Waals surface area contributed by atoms with Gasteiger partial charge in [0.2, 0.25) is 0 Å². The third-order valence-corrected chi connectivity index (χ3v) is 10.8. The molecule has 49 heavy (non-hydrogen) atoms. The fourth-order valence-corrected chi connectivity index (χ4v) is 8.65. The molecule has 0 radical (unpaired) electrons. The Hall–Kier alpha value is -3.58. The summed E-state index contributed by atoms with van der Waals surface area (Å²) in [6.45, 7) is -1.90. The van der Waals surface area contributed by atoms with E-state index in [9.17, 15) is 34.2 Å². The summed E-state index contributed by atoms with van der Waals surface area (Å²) in [5, 5.41) is 23.5. The molecule has 17 nitrogen and oxygen atoms in total. The molecule has 0 amide bonds. The van der Waals surface area contributed by atoms with Gasteiger partial charge in [0.05, 0.1) is 32.5 Å². The Kier molecular flexibility index (Phi) is 11.6. The lowest BCUT2D eigenvalue weighted by Crippen LogP contribution is -2.41. The molecule has 2 aliphatic rings. The number of ether oxygens (including phenoxy) is 3. The van der Waals surface area contributed by atoms with Gasteiger partial charge in [0.1, 0.15) is 30.7 Å². The van der Waals surface area contributed by atoms with Gasteiger partial charge in [-0.05, 0) is 37.6 Å². The number of methoxy groups -OCH3 is 1. The van der Waals surface area contributed by atoms with Crippen LogP contribution in [0.5, 0.6) is 0 Å². The summed E-state index contributed by atoms with van der Waals surface area (Å²) >= 11 is 6.02. The van der Waals surface area contributed by atoms with E-state index in [1.54, 1.807) is 12.1 Å². The summed E-state index contributed by atoms with van der Waals surface area (Å²) < 4.78 is 32.2. The molecule has 0 aliphatic carbocycles. The van der Waals surface area contributed by atoms with Crippen LogP contribution in [0.4, 0.5) is 0 Å².